The van der Waals surface area contributed by atoms with E-state index in [0.29, 0.717) is 18.4 Å². The van der Waals surface area contributed by atoms with Crippen molar-refractivity contribution in [1.29, 1.82) is 0 Å². The van der Waals surface area contributed by atoms with Gasteiger partial charge in [-0.15, -0.1) is 0 Å². The highest BCUT2D eigenvalue weighted by Gasteiger charge is 2.29. The first-order chi connectivity index (χ1) is 7.92. The molecule has 3 atom stereocenters. The Morgan fingerprint density at radius 1 is 1.47 bits per heavy atom. The van der Waals surface area contributed by atoms with Gasteiger partial charge in [0.1, 0.15) is 9.84 Å². The second-order valence-electron chi connectivity index (χ2n) is 5.12. The molecule has 1 N–H and O–H groups in total. The van der Waals surface area contributed by atoms with Crippen LogP contribution in [0.5, 0.6) is 0 Å². The molecule has 0 aromatic carbocycles. The van der Waals surface area contributed by atoms with Gasteiger partial charge in [0.2, 0.25) is 0 Å². The van der Waals surface area contributed by atoms with Gasteiger partial charge < -0.3 is 10.1 Å². The Balaban J connectivity index is 2.48. The molecule has 1 aliphatic rings. The molecule has 0 radical (unpaired) electrons. The first-order valence-corrected chi connectivity index (χ1v) is 8.51. The van der Waals surface area contributed by atoms with E-state index in [1.54, 1.807) is 0 Å². The Morgan fingerprint density at radius 2 is 2.18 bits per heavy atom. The largest absolute Gasteiger partial charge is 0.378 e. The number of sulfone groups is 1. The molecule has 5 heteroatoms. The molecule has 0 amide bonds. The van der Waals surface area contributed by atoms with Crippen molar-refractivity contribution in [3.63, 3.8) is 0 Å². The van der Waals surface area contributed by atoms with Crippen LogP contribution in [0.25, 0.3) is 0 Å². The monoisotopic (exact) mass is 263 g/mol. The van der Waals surface area contributed by atoms with E-state index in [9.17, 15) is 8.42 Å². The van der Waals surface area contributed by atoms with Crippen molar-refractivity contribution in [2.24, 2.45) is 5.92 Å². The van der Waals surface area contributed by atoms with Gasteiger partial charge in [-0.2, -0.15) is 0 Å². The number of rotatable bonds is 7. The zero-order valence-electron chi connectivity index (χ0n) is 11.1. The van der Waals surface area contributed by atoms with Crippen molar-refractivity contribution in [3.05, 3.63) is 0 Å². The van der Waals surface area contributed by atoms with Gasteiger partial charge in [-0.1, -0.05) is 6.92 Å². The van der Waals surface area contributed by atoms with Crippen LogP contribution in [-0.2, 0) is 14.6 Å². The van der Waals surface area contributed by atoms with Crippen LogP contribution in [-0.4, -0.2) is 45.7 Å². The smallest absolute Gasteiger partial charge is 0.147 e. The summed E-state index contributed by atoms with van der Waals surface area (Å²) in [4.78, 5) is 0. The summed E-state index contributed by atoms with van der Waals surface area (Å²) < 4.78 is 28.0. The summed E-state index contributed by atoms with van der Waals surface area (Å²) in [6.45, 7) is 5.90. The second kappa shape index (κ2) is 6.71. The first-order valence-electron chi connectivity index (χ1n) is 6.45. The van der Waals surface area contributed by atoms with Crippen LogP contribution in [0.3, 0.4) is 0 Å². The zero-order valence-corrected chi connectivity index (χ0v) is 11.9. The highest BCUT2D eigenvalue weighted by molar-refractivity contribution is 7.90. The maximum atomic E-state index is 11.2. The summed E-state index contributed by atoms with van der Waals surface area (Å²) in [5.41, 5.74) is 0. The number of hydrogen-bond acceptors (Lipinski definition) is 4. The fourth-order valence-electron chi connectivity index (χ4n) is 2.31. The van der Waals surface area contributed by atoms with Gasteiger partial charge in [0.05, 0.1) is 18.5 Å². The van der Waals surface area contributed by atoms with Gasteiger partial charge in [0.15, 0.2) is 0 Å². The third-order valence-electron chi connectivity index (χ3n) is 3.25. The lowest BCUT2D eigenvalue weighted by Crippen LogP contribution is -2.38. The Kier molecular flexibility index (Phi) is 5.89. The van der Waals surface area contributed by atoms with Crippen LogP contribution in [0.1, 0.15) is 33.1 Å². The number of ether oxygens (including phenoxy) is 1. The van der Waals surface area contributed by atoms with Crippen LogP contribution in [0.2, 0.25) is 0 Å². The summed E-state index contributed by atoms with van der Waals surface area (Å²) in [5, 5.41) is 3.46. The first kappa shape index (κ1) is 14.9. The molecule has 1 fully saturated rings. The molecule has 102 valence electrons. The molecule has 1 rings (SSSR count). The highest BCUT2D eigenvalue weighted by Crippen LogP contribution is 2.24. The van der Waals surface area contributed by atoms with E-state index in [1.165, 1.54) is 6.26 Å². The SMILES string of the molecule is CCCNC(CCS(C)(=O)=O)C1COC(C)C1. The van der Waals surface area contributed by atoms with Crippen molar-refractivity contribution in [2.75, 3.05) is 25.2 Å². The third kappa shape index (κ3) is 5.84. The molecular formula is C12H25NO3S. The van der Waals surface area contributed by atoms with Crippen LogP contribution in [0, 0.1) is 5.92 Å². The van der Waals surface area contributed by atoms with Crippen LogP contribution >= 0.6 is 0 Å². The molecule has 0 saturated carbocycles. The van der Waals surface area contributed by atoms with Gasteiger partial charge in [0.25, 0.3) is 0 Å². The van der Waals surface area contributed by atoms with Crippen molar-refractivity contribution in [2.45, 2.75) is 45.3 Å². The molecule has 0 aromatic heterocycles. The maximum Gasteiger partial charge on any atom is 0.147 e. The average molecular weight is 263 g/mol. The average Bonchev–Trinajstić information content (AvgIpc) is 2.63. The second-order valence-corrected chi connectivity index (χ2v) is 7.38. The zero-order chi connectivity index (χ0) is 12.9. The van der Waals surface area contributed by atoms with Crippen LogP contribution in [0.4, 0.5) is 0 Å². The van der Waals surface area contributed by atoms with Gasteiger partial charge in [-0.3, -0.25) is 0 Å². The fraction of sp³-hybridized carbons (Fsp3) is 1.00. The fourth-order valence-corrected chi connectivity index (χ4v) is 2.99. The molecular weight excluding hydrogens is 238 g/mol. The minimum absolute atomic E-state index is 0.263. The Bertz CT molecular complexity index is 316. The summed E-state index contributed by atoms with van der Waals surface area (Å²) >= 11 is 0. The summed E-state index contributed by atoms with van der Waals surface area (Å²) in [6, 6.07) is 0.273. The van der Waals surface area contributed by atoms with Gasteiger partial charge >= 0.3 is 0 Å². The molecule has 0 aliphatic carbocycles. The van der Waals surface area contributed by atoms with Crippen molar-refractivity contribution in [1.82, 2.24) is 5.32 Å². The van der Waals surface area contributed by atoms with Gasteiger partial charge in [0, 0.05) is 18.2 Å². The lowest BCUT2D eigenvalue weighted by molar-refractivity contribution is 0.116. The normalized spacial score (nSPS) is 27.2. The number of nitrogens with one attached hydrogen (secondary N) is 1. The van der Waals surface area contributed by atoms with Gasteiger partial charge in [-0.05, 0) is 32.7 Å². The predicted octanol–water partition coefficient (Wildman–Crippen LogP) is 1.21. The van der Waals surface area contributed by atoms with Gasteiger partial charge in [-0.25, -0.2) is 8.42 Å². The molecule has 0 spiro atoms. The van der Waals surface area contributed by atoms with Crippen LogP contribution in [0.15, 0.2) is 0 Å². The molecule has 17 heavy (non-hydrogen) atoms. The van der Waals surface area contributed by atoms with E-state index in [2.05, 4.69) is 19.2 Å². The quantitative estimate of drug-likeness (QED) is 0.750. The van der Waals surface area contributed by atoms with Crippen LogP contribution < -0.4 is 5.32 Å². The van der Waals surface area contributed by atoms with E-state index in [4.69, 9.17) is 4.74 Å². The van der Waals surface area contributed by atoms with E-state index >= 15 is 0 Å². The number of hydrogen-bond donors (Lipinski definition) is 1. The van der Waals surface area contributed by atoms with E-state index < -0.39 is 9.84 Å². The minimum Gasteiger partial charge on any atom is -0.378 e. The van der Waals surface area contributed by atoms with Crippen molar-refractivity contribution < 1.29 is 13.2 Å². The van der Waals surface area contributed by atoms with E-state index in [0.717, 1.165) is 26.0 Å². The molecule has 3 unspecified atom stereocenters. The summed E-state index contributed by atoms with van der Waals surface area (Å²) in [7, 11) is -2.87. The minimum atomic E-state index is -2.87. The lowest BCUT2D eigenvalue weighted by atomic mass is 9.95. The van der Waals surface area contributed by atoms with E-state index in [1.807, 2.05) is 0 Å². The molecule has 0 bridgehead atoms. The molecule has 4 nitrogen and oxygen atoms in total. The Hall–Kier alpha value is -0.130. The molecule has 1 heterocycles. The predicted molar refractivity (Wildman–Crippen MR) is 69.9 cm³/mol. The Labute approximate surface area is 105 Å². The van der Waals surface area contributed by atoms with Crippen molar-refractivity contribution in [3.8, 4) is 0 Å². The topological polar surface area (TPSA) is 55.4 Å². The molecule has 1 aliphatic heterocycles. The standard InChI is InChI=1S/C12H25NO3S/c1-4-6-13-12(5-7-17(3,14)15)11-8-10(2)16-9-11/h10-13H,4-9H2,1-3H3. The van der Waals surface area contributed by atoms with E-state index in [-0.39, 0.29) is 11.8 Å². The highest BCUT2D eigenvalue weighted by atomic mass is 32.2. The van der Waals surface area contributed by atoms with Crippen molar-refractivity contribution >= 4 is 9.84 Å². The molecule has 0 aromatic rings. The third-order valence-corrected chi connectivity index (χ3v) is 4.23. The Morgan fingerprint density at radius 3 is 2.65 bits per heavy atom. The summed E-state index contributed by atoms with van der Waals surface area (Å²) in [5.74, 6) is 0.720. The lowest BCUT2D eigenvalue weighted by Gasteiger charge is -2.23. The summed E-state index contributed by atoms with van der Waals surface area (Å²) in [6.07, 6.45) is 4.41. The molecule has 1 saturated heterocycles. The maximum absolute atomic E-state index is 11.2.